The molecule has 1 heterocycles. The van der Waals surface area contributed by atoms with Gasteiger partial charge in [0.25, 0.3) is 0 Å². The summed E-state index contributed by atoms with van der Waals surface area (Å²) in [5, 5.41) is 20.7. The van der Waals surface area contributed by atoms with Crippen LogP contribution in [-0.4, -0.2) is 57.4 Å². The summed E-state index contributed by atoms with van der Waals surface area (Å²) in [7, 11) is 0. The monoisotopic (exact) mass is 357 g/mol. The Morgan fingerprint density at radius 3 is 2.62 bits per heavy atom. The molecule has 1 rings (SSSR count). The molecular formula is C11H14Cl3N3O4. The van der Waals surface area contributed by atoms with Gasteiger partial charge in [-0.15, -0.1) is 11.6 Å². The topological polar surface area (TPSA) is 105 Å². The maximum absolute atomic E-state index is 11.0. The second-order valence-corrected chi connectivity index (χ2v) is 5.22. The van der Waals surface area contributed by atoms with Crippen molar-refractivity contribution in [2.24, 2.45) is 0 Å². The third kappa shape index (κ3) is 5.80. The van der Waals surface area contributed by atoms with Crippen LogP contribution >= 0.6 is 34.8 Å². The number of aromatic nitrogens is 2. The van der Waals surface area contributed by atoms with Crippen LogP contribution in [0.15, 0.2) is 0 Å². The Morgan fingerprint density at radius 1 is 1.38 bits per heavy atom. The largest absolute Gasteiger partial charge is 0.476 e. The summed E-state index contributed by atoms with van der Waals surface area (Å²) in [5.74, 6) is -1.12. The van der Waals surface area contributed by atoms with Crippen molar-refractivity contribution in [3.63, 3.8) is 0 Å². The van der Waals surface area contributed by atoms with Gasteiger partial charge in [0, 0.05) is 6.04 Å². The smallest absolute Gasteiger partial charge is 0.356 e. The van der Waals surface area contributed by atoms with Crippen molar-refractivity contribution in [3.8, 4) is 0 Å². The zero-order chi connectivity index (χ0) is 16.0. The fourth-order valence-electron chi connectivity index (χ4n) is 1.36. The van der Waals surface area contributed by atoms with Gasteiger partial charge in [0.15, 0.2) is 11.5 Å². The molecule has 21 heavy (non-hydrogen) atoms. The number of hydrogen-bond donors (Lipinski definition) is 3. The van der Waals surface area contributed by atoms with E-state index in [9.17, 15) is 9.90 Å². The van der Waals surface area contributed by atoms with Gasteiger partial charge in [-0.1, -0.05) is 11.6 Å². The van der Waals surface area contributed by atoms with E-state index in [-0.39, 0.29) is 47.0 Å². The normalized spacial score (nSPS) is 13.8. The number of halogens is 3. The summed E-state index contributed by atoms with van der Waals surface area (Å²) in [4.78, 5) is 18.3. The van der Waals surface area contributed by atoms with E-state index in [4.69, 9.17) is 44.6 Å². The molecule has 2 unspecified atom stereocenters. The fourth-order valence-corrected chi connectivity index (χ4v) is 1.84. The molecule has 0 aliphatic rings. The third-order valence-corrected chi connectivity index (χ3v) is 3.15. The van der Waals surface area contributed by atoms with E-state index < -0.39 is 12.1 Å². The van der Waals surface area contributed by atoms with Gasteiger partial charge in [0.2, 0.25) is 5.28 Å². The van der Waals surface area contributed by atoms with Gasteiger partial charge in [-0.3, -0.25) is 0 Å². The highest BCUT2D eigenvalue weighted by molar-refractivity contribution is 6.36. The van der Waals surface area contributed by atoms with E-state index in [1.54, 1.807) is 6.92 Å². The third-order valence-electron chi connectivity index (χ3n) is 2.27. The molecule has 0 radical (unpaired) electrons. The van der Waals surface area contributed by atoms with Crippen LogP contribution in [0.5, 0.6) is 0 Å². The van der Waals surface area contributed by atoms with Crippen molar-refractivity contribution in [2.45, 2.75) is 19.1 Å². The molecule has 0 saturated carbocycles. The number of nitrogens with one attached hydrogen (secondary N) is 1. The number of alkyl halides is 1. The molecule has 0 aromatic carbocycles. The second-order valence-electron chi connectivity index (χ2n) is 4.20. The van der Waals surface area contributed by atoms with Crippen LogP contribution < -0.4 is 5.32 Å². The minimum absolute atomic E-state index is 0.0805. The van der Waals surface area contributed by atoms with E-state index in [2.05, 4.69) is 15.3 Å². The van der Waals surface area contributed by atoms with Gasteiger partial charge >= 0.3 is 5.97 Å². The molecule has 0 aliphatic heterocycles. The summed E-state index contributed by atoms with van der Waals surface area (Å²) in [6.07, 6.45) is -0.741. The zero-order valence-corrected chi connectivity index (χ0v) is 13.3. The minimum atomic E-state index is -1.30. The Labute approximate surface area is 136 Å². The molecule has 1 aromatic rings. The van der Waals surface area contributed by atoms with E-state index >= 15 is 0 Å². The number of nitrogens with zero attached hydrogens (tertiary/aromatic N) is 2. The Kier molecular flexibility index (Phi) is 7.41. The van der Waals surface area contributed by atoms with E-state index in [1.807, 2.05) is 0 Å². The summed E-state index contributed by atoms with van der Waals surface area (Å²) in [5.41, 5.74) is -0.384. The molecule has 10 heteroatoms. The highest BCUT2D eigenvalue weighted by atomic mass is 35.5. The van der Waals surface area contributed by atoms with Crippen molar-refractivity contribution in [3.05, 3.63) is 16.0 Å². The minimum Gasteiger partial charge on any atom is -0.476 e. The number of hydrogen-bond acceptors (Lipinski definition) is 6. The van der Waals surface area contributed by atoms with Crippen LogP contribution in [0.25, 0.3) is 0 Å². The van der Waals surface area contributed by atoms with Crippen LogP contribution in [0.2, 0.25) is 10.3 Å². The van der Waals surface area contributed by atoms with Crippen LogP contribution in [0.4, 0.5) is 5.82 Å². The molecule has 0 fully saturated rings. The van der Waals surface area contributed by atoms with E-state index in [0.29, 0.717) is 0 Å². The predicted octanol–water partition coefficient (Wildman–Crippen LogP) is 1.90. The summed E-state index contributed by atoms with van der Waals surface area (Å²) in [6.45, 7) is 2.09. The number of carbonyl (C=O) groups is 1. The van der Waals surface area contributed by atoms with Crippen molar-refractivity contribution in [1.82, 2.24) is 9.97 Å². The number of carboxylic acid groups (broad SMARTS) is 1. The Morgan fingerprint density at radius 2 is 2.05 bits per heavy atom. The average molecular weight is 359 g/mol. The SMILES string of the molecule is CC(COCC(O)CCl)Nc1nc(Cl)nc(C(=O)O)c1Cl. The van der Waals surface area contributed by atoms with Gasteiger partial charge in [-0.2, -0.15) is 4.98 Å². The number of anilines is 1. The maximum Gasteiger partial charge on any atom is 0.356 e. The Balaban J connectivity index is 2.68. The number of ether oxygens (including phenoxy) is 1. The van der Waals surface area contributed by atoms with Gasteiger partial charge in [-0.05, 0) is 18.5 Å². The van der Waals surface area contributed by atoms with Crippen molar-refractivity contribution >= 4 is 46.6 Å². The zero-order valence-electron chi connectivity index (χ0n) is 11.0. The average Bonchev–Trinajstić information content (AvgIpc) is 2.41. The van der Waals surface area contributed by atoms with Gasteiger partial charge in [0.1, 0.15) is 5.02 Å². The summed E-state index contributed by atoms with van der Waals surface area (Å²) in [6, 6.07) is -0.252. The number of rotatable bonds is 8. The molecule has 0 spiro atoms. The standard InChI is InChI=1S/C11H14Cl3N3O4/c1-5(3-21-4-6(18)2-12)15-9-7(13)8(10(19)20)16-11(14)17-9/h5-6,18H,2-4H2,1H3,(H,19,20)(H,15,16,17). The Bertz CT molecular complexity index is 504. The van der Waals surface area contributed by atoms with Gasteiger partial charge < -0.3 is 20.3 Å². The molecule has 3 N–H and O–H groups in total. The summed E-state index contributed by atoms with van der Waals surface area (Å²) < 4.78 is 5.24. The van der Waals surface area contributed by atoms with Crippen LogP contribution in [0.1, 0.15) is 17.4 Å². The molecule has 0 aliphatic carbocycles. The lowest BCUT2D eigenvalue weighted by molar-refractivity contribution is 0.0453. The highest BCUT2D eigenvalue weighted by Crippen LogP contribution is 2.25. The molecule has 2 atom stereocenters. The molecule has 0 bridgehead atoms. The van der Waals surface area contributed by atoms with Crippen molar-refractivity contribution < 1.29 is 19.7 Å². The lowest BCUT2D eigenvalue weighted by Crippen LogP contribution is -2.26. The van der Waals surface area contributed by atoms with Crippen LogP contribution in [0, 0.1) is 0 Å². The van der Waals surface area contributed by atoms with Gasteiger partial charge in [0.05, 0.1) is 25.2 Å². The Hall–Kier alpha value is -0.860. The number of aromatic carboxylic acids is 1. The van der Waals surface area contributed by atoms with Gasteiger partial charge in [-0.25, -0.2) is 9.78 Å². The first-order valence-corrected chi connectivity index (χ1v) is 7.18. The van der Waals surface area contributed by atoms with Crippen LogP contribution in [-0.2, 0) is 4.74 Å². The maximum atomic E-state index is 11.0. The molecule has 0 amide bonds. The van der Waals surface area contributed by atoms with E-state index in [1.165, 1.54) is 0 Å². The lowest BCUT2D eigenvalue weighted by Gasteiger charge is -2.17. The molecule has 118 valence electrons. The lowest BCUT2D eigenvalue weighted by atomic mass is 10.3. The molecule has 7 nitrogen and oxygen atoms in total. The summed E-state index contributed by atoms with van der Waals surface area (Å²) >= 11 is 17.0. The number of aliphatic hydroxyl groups excluding tert-OH is 1. The first-order chi connectivity index (χ1) is 9.85. The number of aliphatic hydroxyl groups is 1. The molecular weight excluding hydrogens is 344 g/mol. The second kappa shape index (κ2) is 8.55. The molecule has 1 aromatic heterocycles. The quantitative estimate of drug-likeness (QED) is 0.481. The van der Waals surface area contributed by atoms with E-state index in [0.717, 1.165) is 0 Å². The first kappa shape index (κ1) is 18.2. The van der Waals surface area contributed by atoms with Crippen LogP contribution in [0.3, 0.4) is 0 Å². The van der Waals surface area contributed by atoms with Crippen molar-refractivity contribution in [1.29, 1.82) is 0 Å². The first-order valence-electron chi connectivity index (χ1n) is 5.89. The van der Waals surface area contributed by atoms with Crippen molar-refractivity contribution in [2.75, 3.05) is 24.4 Å². The fraction of sp³-hybridized carbons (Fsp3) is 0.545. The predicted molar refractivity (Wildman–Crippen MR) is 79.6 cm³/mol. The molecule has 0 saturated heterocycles. The number of carboxylic acids is 1. The highest BCUT2D eigenvalue weighted by Gasteiger charge is 2.18.